The molecule has 7 rings (SSSR count). The summed E-state index contributed by atoms with van der Waals surface area (Å²) in [5.74, 6) is 0.926. The molecule has 2 atom stereocenters. The second kappa shape index (κ2) is 11.6. The lowest BCUT2D eigenvalue weighted by molar-refractivity contribution is -0.131. The van der Waals surface area contributed by atoms with Crippen molar-refractivity contribution in [3.05, 3.63) is 53.6 Å². The van der Waals surface area contributed by atoms with Crippen molar-refractivity contribution in [1.29, 1.82) is 0 Å². The minimum Gasteiger partial charge on any atom is -0.493 e. The first-order chi connectivity index (χ1) is 19.9. The van der Waals surface area contributed by atoms with Gasteiger partial charge in [-0.1, -0.05) is 12.1 Å². The van der Waals surface area contributed by atoms with E-state index in [0.29, 0.717) is 48.4 Å². The maximum atomic E-state index is 13.5. The molecule has 2 aromatic carbocycles. The van der Waals surface area contributed by atoms with E-state index in [1.54, 1.807) is 35.2 Å². The van der Waals surface area contributed by atoms with Crippen molar-refractivity contribution in [1.82, 2.24) is 20.4 Å². The van der Waals surface area contributed by atoms with E-state index in [4.69, 9.17) is 18.9 Å². The van der Waals surface area contributed by atoms with Crippen LogP contribution in [0.15, 0.2) is 42.5 Å². The largest absolute Gasteiger partial charge is 0.493 e. The van der Waals surface area contributed by atoms with E-state index in [0.717, 1.165) is 18.4 Å². The molecule has 0 radical (unpaired) electrons. The highest BCUT2D eigenvalue weighted by Crippen LogP contribution is 2.31. The quantitative estimate of drug-likeness (QED) is 0.555. The smallest absolute Gasteiger partial charge is 0.410 e. The minimum atomic E-state index is -0.542. The van der Waals surface area contributed by atoms with Gasteiger partial charge in [0.25, 0.3) is 11.8 Å². The van der Waals surface area contributed by atoms with Gasteiger partial charge in [0, 0.05) is 24.7 Å². The lowest BCUT2D eigenvalue weighted by atomic mass is 10.1. The average Bonchev–Trinajstić information content (AvgIpc) is 3.60. The van der Waals surface area contributed by atoms with Gasteiger partial charge in [0.05, 0.1) is 25.7 Å². The van der Waals surface area contributed by atoms with Crippen molar-refractivity contribution in [2.24, 2.45) is 5.92 Å². The second-order valence-corrected chi connectivity index (χ2v) is 10.7. The van der Waals surface area contributed by atoms with Crippen molar-refractivity contribution < 1.29 is 38.1 Å². The third-order valence-corrected chi connectivity index (χ3v) is 7.50. The standard InChI is InChI=1S/C29H32N4O8/c34-26-17-40-23-10-20(9-22(11-23)39-16-19-1-2-19)28(36)31-24-13-33(27(35)15-32-7-8-38-29(32)37)14-25(24)41-21-5-3-18(4-6-21)12-30-26/h3-6,9-11,19,24-25H,1-2,7-8,12-17H2,(H,30,34)(H,31,36)/t24-,25-/m0/s1. The number of hydrogen-bond donors (Lipinski definition) is 2. The van der Waals surface area contributed by atoms with Gasteiger partial charge in [0.15, 0.2) is 6.61 Å². The minimum absolute atomic E-state index is 0.103. The van der Waals surface area contributed by atoms with Gasteiger partial charge in [-0.3, -0.25) is 19.3 Å². The molecule has 1 saturated carbocycles. The van der Waals surface area contributed by atoms with Crippen molar-refractivity contribution >= 4 is 23.8 Å². The normalized spacial score (nSPS) is 22.6. The zero-order valence-electron chi connectivity index (χ0n) is 22.5. The number of carbonyl (C=O) groups is 4. The van der Waals surface area contributed by atoms with Crippen LogP contribution >= 0.6 is 0 Å². The zero-order chi connectivity index (χ0) is 28.3. The number of likely N-dealkylation sites (tertiary alicyclic amines) is 1. The highest BCUT2D eigenvalue weighted by molar-refractivity contribution is 5.95. The topological polar surface area (TPSA) is 136 Å². The van der Waals surface area contributed by atoms with Crippen LogP contribution in [-0.2, 0) is 20.9 Å². The van der Waals surface area contributed by atoms with Crippen LogP contribution in [-0.4, -0.2) is 91.8 Å². The van der Waals surface area contributed by atoms with Crippen LogP contribution in [0, 0.1) is 5.92 Å². The summed E-state index contributed by atoms with van der Waals surface area (Å²) >= 11 is 0. The van der Waals surface area contributed by atoms with Crippen LogP contribution in [0.2, 0.25) is 0 Å². The molecule has 0 unspecified atom stereocenters. The molecule has 0 spiro atoms. The molecule has 4 amide bonds. The molecule has 1 aliphatic carbocycles. The monoisotopic (exact) mass is 564 g/mol. The molecule has 216 valence electrons. The fourth-order valence-corrected chi connectivity index (χ4v) is 4.95. The molecular weight excluding hydrogens is 532 g/mol. The van der Waals surface area contributed by atoms with Crippen LogP contribution in [0.5, 0.6) is 17.2 Å². The summed E-state index contributed by atoms with van der Waals surface area (Å²) < 4.78 is 22.9. The van der Waals surface area contributed by atoms with Crippen LogP contribution in [0.4, 0.5) is 4.79 Å². The van der Waals surface area contributed by atoms with Crippen LogP contribution < -0.4 is 24.8 Å². The molecule has 4 bridgehead atoms. The fourth-order valence-electron chi connectivity index (χ4n) is 4.95. The van der Waals surface area contributed by atoms with Gasteiger partial charge >= 0.3 is 6.09 Å². The van der Waals surface area contributed by atoms with Gasteiger partial charge in [-0.2, -0.15) is 0 Å². The van der Waals surface area contributed by atoms with Crippen molar-refractivity contribution in [3.8, 4) is 17.2 Å². The number of amides is 4. The molecule has 3 fully saturated rings. The third kappa shape index (κ3) is 6.64. The number of carbonyl (C=O) groups excluding carboxylic acids is 4. The van der Waals surface area contributed by atoms with Crippen LogP contribution in [0.25, 0.3) is 0 Å². The van der Waals surface area contributed by atoms with Gasteiger partial charge in [-0.05, 0) is 48.6 Å². The first-order valence-electron chi connectivity index (χ1n) is 13.8. The highest BCUT2D eigenvalue weighted by Gasteiger charge is 2.39. The molecule has 12 heteroatoms. The summed E-state index contributed by atoms with van der Waals surface area (Å²) in [6.07, 6.45) is 1.17. The number of hydrogen-bond acceptors (Lipinski definition) is 8. The average molecular weight is 565 g/mol. The highest BCUT2D eigenvalue weighted by atomic mass is 16.6. The Kier molecular flexibility index (Phi) is 7.53. The van der Waals surface area contributed by atoms with E-state index < -0.39 is 24.1 Å². The lowest BCUT2D eigenvalue weighted by Gasteiger charge is -2.21. The molecule has 5 aliphatic rings. The third-order valence-electron chi connectivity index (χ3n) is 7.50. The van der Waals surface area contributed by atoms with Gasteiger partial charge < -0.3 is 34.5 Å². The Hall–Kier alpha value is -4.48. The molecular formula is C29H32N4O8. The zero-order valence-corrected chi connectivity index (χ0v) is 22.5. The number of cyclic esters (lactones) is 1. The fraction of sp³-hybridized carbons (Fsp3) is 0.448. The number of ether oxygens (including phenoxy) is 4. The number of rotatable bonds is 5. The Morgan fingerprint density at radius 3 is 2.59 bits per heavy atom. The van der Waals surface area contributed by atoms with E-state index in [1.165, 1.54) is 4.90 Å². The Morgan fingerprint density at radius 2 is 1.83 bits per heavy atom. The number of nitrogens with one attached hydrogen (secondary N) is 2. The summed E-state index contributed by atoms with van der Waals surface area (Å²) in [5.41, 5.74) is 1.17. The van der Waals surface area contributed by atoms with E-state index in [9.17, 15) is 19.2 Å². The SMILES string of the molecule is O=C1COc2cc(OCC3CC3)cc(c2)C(=O)N[C@H]2CN(C(=O)CN3CCOC3=O)C[C@@H]2Oc2ccc(cc2)CN1. The molecule has 4 heterocycles. The predicted octanol–water partition coefficient (Wildman–Crippen LogP) is 1.32. The first kappa shape index (κ1) is 26.7. The molecule has 41 heavy (non-hydrogen) atoms. The Morgan fingerprint density at radius 1 is 1.00 bits per heavy atom. The first-order valence-corrected chi connectivity index (χ1v) is 13.8. The summed E-state index contributed by atoms with van der Waals surface area (Å²) in [5, 5.41) is 5.84. The second-order valence-electron chi connectivity index (χ2n) is 10.7. The molecule has 2 N–H and O–H groups in total. The Balaban J connectivity index is 1.25. The Labute approximate surface area is 236 Å². The van der Waals surface area contributed by atoms with Crippen molar-refractivity contribution in [2.75, 3.05) is 46.0 Å². The molecule has 12 nitrogen and oxygen atoms in total. The van der Waals surface area contributed by atoms with Gasteiger partial charge in [-0.25, -0.2) is 4.79 Å². The predicted molar refractivity (Wildman–Crippen MR) is 144 cm³/mol. The van der Waals surface area contributed by atoms with Crippen LogP contribution in [0.3, 0.4) is 0 Å². The molecule has 4 aliphatic heterocycles. The maximum absolute atomic E-state index is 13.5. The summed E-state index contributed by atoms with van der Waals surface area (Å²) in [6, 6.07) is 11.6. The molecule has 2 saturated heterocycles. The van der Waals surface area contributed by atoms with E-state index in [1.807, 2.05) is 12.1 Å². The van der Waals surface area contributed by atoms with E-state index >= 15 is 0 Å². The van der Waals surface area contributed by atoms with Gasteiger partial charge in [-0.15, -0.1) is 0 Å². The van der Waals surface area contributed by atoms with E-state index in [-0.39, 0.29) is 44.7 Å². The van der Waals surface area contributed by atoms with Crippen LogP contribution in [0.1, 0.15) is 28.8 Å². The number of nitrogens with zero attached hydrogens (tertiary/aromatic N) is 2. The van der Waals surface area contributed by atoms with E-state index in [2.05, 4.69) is 10.6 Å². The van der Waals surface area contributed by atoms with Gasteiger partial charge in [0.1, 0.15) is 36.5 Å². The summed E-state index contributed by atoms with van der Waals surface area (Å²) in [6.45, 7) is 1.57. The number of benzene rings is 2. The molecule has 0 aromatic heterocycles. The number of fused-ring (bicyclic) bond motifs is 7. The Bertz CT molecular complexity index is 1330. The summed E-state index contributed by atoms with van der Waals surface area (Å²) in [4.78, 5) is 53.9. The maximum Gasteiger partial charge on any atom is 0.410 e. The summed E-state index contributed by atoms with van der Waals surface area (Å²) in [7, 11) is 0. The van der Waals surface area contributed by atoms with Gasteiger partial charge in [0.2, 0.25) is 5.91 Å². The molecule has 2 aromatic rings. The van der Waals surface area contributed by atoms with Crippen molar-refractivity contribution in [3.63, 3.8) is 0 Å². The van der Waals surface area contributed by atoms with Crippen molar-refractivity contribution in [2.45, 2.75) is 31.5 Å². The lowest BCUT2D eigenvalue weighted by Crippen LogP contribution is -2.45.